The second kappa shape index (κ2) is 9.34. The van der Waals surface area contributed by atoms with Crippen molar-refractivity contribution < 1.29 is 9.59 Å². The van der Waals surface area contributed by atoms with Crippen molar-refractivity contribution in [2.45, 2.75) is 26.3 Å². The molecule has 0 radical (unpaired) electrons. The van der Waals surface area contributed by atoms with E-state index in [2.05, 4.69) is 10.6 Å². The SMILES string of the molecule is CC(=O)NC(CC(=O)NCCN)c1ccc(C)cc1.Cl. The highest BCUT2D eigenvalue weighted by Crippen LogP contribution is 2.17. The maximum absolute atomic E-state index is 11.7. The van der Waals surface area contributed by atoms with Crippen LogP contribution >= 0.6 is 12.4 Å². The summed E-state index contributed by atoms with van der Waals surface area (Å²) in [6.45, 7) is 4.28. The smallest absolute Gasteiger partial charge is 0.222 e. The molecule has 2 amide bonds. The van der Waals surface area contributed by atoms with Gasteiger partial charge in [-0.25, -0.2) is 0 Å². The van der Waals surface area contributed by atoms with Gasteiger partial charge in [-0.15, -0.1) is 12.4 Å². The van der Waals surface area contributed by atoms with Crippen molar-refractivity contribution in [1.82, 2.24) is 10.6 Å². The van der Waals surface area contributed by atoms with E-state index in [1.54, 1.807) is 0 Å². The number of nitrogens with one attached hydrogen (secondary N) is 2. The average Bonchev–Trinajstić information content (AvgIpc) is 2.36. The molecule has 6 heteroatoms. The van der Waals surface area contributed by atoms with Crippen LogP contribution in [0.3, 0.4) is 0 Å². The number of aryl methyl sites for hydroxylation is 1. The first kappa shape index (κ1) is 18.4. The predicted octanol–water partition coefficient (Wildman–Crippen LogP) is 1.06. The summed E-state index contributed by atoms with van der Waals surface area (Å²) in [6, 6.07) is 7.46. The molecule has 112 valence electrons. The molecule has 1 aromatic rings. The number of hydrogen-bond acceptors (Lipinski definition) is 3. The second-order valence-corrected chi connectivity index (χ2v) is 4.51. The topological polar surface area (TPSA) is 84.2 Å². The van der Waals surface area contributed by atoms with Gasteiger partial charge in [0.1, 0.15) is 0 Å². The Morgan fingerprint density at radius 2 is 1.85 bits per heavy atom. The van der Waals surface area contributed by atoms with Crippen molar-refractivity contribution in [2.75, 3.05) is 13.1 Å². The number of nitrogens with two attached hydrogens (primary N) is 1. The van der Waals surface area contributed by atoms with Crippen LogP contribution in [0.2, 0.25) is 0 Å². The minimum Gasteiger partial charge on any atom is -0.355 e. The molecular formula is C14H22ClN3O2. The van der Waals surface area contributed by atoms with E-state index >= 15 is 0 Å². The summed E-state index contributed by atoms with van der Waals surface area (Å²) < 4.78 is 0. The molecule has 0 aliphatic rings. The number of carbonyl (C=O) groups is 2. The minimum atomic E-state index is -0.309. The highest BCUT2D eigenvalue weighted by Gasteiger charge is 2.16. The first-order valence-corrected chi connectivity index (χ1v) is 6.33. The third-order valence-electron chi connectivity index (χ3n) is 2.71. The molecular weight excluding hydrogens is 278 g/mol. The maximum Gasteiger partial charge on any atom is 0.222 e. The van der Waals surface area contributed by atoms with Crippen LogP contribution in [0.5, 0.6) is 0 Å². The van der Waals surface area contributed by atoms with Crippen LogP contribution in [0.25, 0.3) is 0 Å². The fraction of sp³-hybridized carbons (Fsp3) is 0.429. The normalized spacial score (nSPS) is 11.2. The molecule has 0 heterocycles. The largest absolute Gasteiger partial charge is 0.355 e. The molecule has 1 atom stereocenters. The van der Waals surface area contributed by atoms with Crippen LogP contribution in [0, 0.1) is 6.92 Å². The summed E-state index contributed by atoms with van der Waals surface area (Å²) in [5.74, 6) is -0.276. The zero-order valence-corrected chi connectivity index (χ0v) is 12.6. The third kappa shape index (κ3) is 6.54. The zero-order chi connectivity index (χ0) is 14.3. The Balaban J connectivity index is 0.00000361. The molecule has 0 saturated heterocycles. The van der Waals surface area contributed by atoms with Crippen molar-refractivity contribution in [3.05, 3.63) is 35.4 Å². The van der Waals surface area contributed by atoms with Gasteiger partial charge in [-0.2, -0.15) is 0 Å². The van der Waals surface area contributed by atoms with Crippen LogP contribution in [0.15, 0.2) is 24.3 Å². The van der Waals surface area contributed by atoms with Gasteiger partial charge in [0.15, 0.2) is 0 Å². The Morgan fingerprint density at radius 1 is 1.25 bits per heavy atom. The van der Waals surface area contributed by atoms with Crippen molar-refractivity contribution in [3.63, 3.8) is 0 Å². The van der Waals surface area contributed by atoms with Crippen LogP contribution in [0.4, 0.5) is 0 Å². The summed E-state index contributed by atoms with van der Waals surface area (Å²) in [5.41, 5.74) is 7.39. The molecule has 4 N–H and O–H groups in total. The first-order valence-electron chi connectivity index (χ1n) is 6.33. The lowest BCUT2D eigenvalue weighted by molar-refractivity contribution is -0.122. The molecule has 5 nitrogen and oxygen atoms in total. The zero-order valence-electron chi connectivity index (χ0n) is 11.8. The Bertz CT molecular complexity index is 435. The lowest BCUT2D eigenvalue weighted by atomic mass is 10.0. The van der Waals surface area contributed by atoms with E-state index in [1.165, 1.54) is 6.92 Å². The molecule has 0 saturated carbocycles. The Labute approximate surface area is 125 Å². The van der Waals surface area contributed by atoms with Crippen LogP contribution < -0.4 is 16.4 Å². The molecule has 0 aromatic heterocycles. The fourth-order valence-electron chi connectivity index (χ4n) is 1.77. The van der Waals surface area contributed by atoms with Gasteiger partial charge in [0.25, 0.3) is 0 Å². The van der Waals surface area contributed by atoms with Gasteiger partial charge in [-0.1, -0.05) is 29.8 Å². The highest BCUT2D eigenvalue weighted by molar-refractivity contribution is 5.85. The molecule has 1 aromatic carbocycles. The van der Waals surface area contributed by atoms with E-state index in [4.69, 9.17) is 5.73 Å². The molecule has 1 unspecified atom stereocenters. The number of rotatable bonds is 6. The number of hydrogen-bond donors (Lipinski definition) is 3. The molecule has 1 rings (SSSR count). The standard InChI is InChI=1S/C14H21N3O2.ClH/c1-10-3-5-12(6-4-10)13(17-11(2)18)9-14(19)16-8-7-15;/h3-6,13H,7-9,15H2,1-2H3,(H,16,19)(H,17,18);1H. The van der Waals surface area contributed by atoms with Gasteiger partial charge in [-0.05, 0) is 12.5 Å². The first-order chi connectivity index (χ1) is 9.02. The van der Waals surface area contributed by atoms with E-state index in [1.807, 2.05) is 31.2 Å². The average molecular weight is 300 g/mol. The van der Waals surface area contributed by atoms with E-state index < -0.39 is 0 Å². The van der Waals surface area contributed by atoms with Gasteiger partial charge in [-0.3, -0.25) is 9.59 Å². The Morgan fingerprint density at radius 3 is 2.35 bits per heavy atom. The fourth-order valence-corrected chi connectivity index (χ4v) is 1.77. The van der Waals surface area contributed by atoms with Crippen molar-refractivity contribution >= 4 is 24.2 Å². The van der Waals surface area contributed by atoms with Crippen LogP contribution in [0.1, 0.15) is 30.5 Å². The third-order valence-corrected chi connectivity index (χ3v) is 2.71. The van der Waals surface area contributed by atoms with E-state index in [-0.39, 0.29) is 36.7 Å². The van der Waals surface area contributed by atoms with Crippen molar-refractivity contribution in [2.24, 2.45) is 5.73 Å². The minimum absolute atomic E-state index is 0. The Kier molecular flexibility index (Phi) is 8.59. The highest BCUT2D eigenvalue weighted by atomic mass is 35.5. The lowest BCUT2D eigenvalue weighted by Crippen LogP contribution is -2.34. The van der Waals surface area contributed by atoms with Crippen LogP contribution in [-0.2, 0) is 9.59 Å². The van der Waals surface area contributed by atoms with Gasteiger partial charge in [0.05, 0.1) is 12.5 Å². The number of benzene rings is 1. The van der Waals surface area contributed by atoms with Gasteiger partial charge in [0.2, 0.25) is 11.8 Å². The molecule has 0 bridgehead atoms. The predicted molar refractivity (Wildman–Crippen MR) is 81.7 cm³/mol. The van der Waals surface area contributed by atoms with Gasteiger partial charge in [0, 0.05) is 20.0 Å². The number of halogens is 1. The lowest BCUT2D eigenvalue weighted by Gasteiger charge is -2.18. The second-order valence-electron chi connectivity index (χ2n) is 4.51. The number of amides is 2. The monoisotopic (exact) mass is 299 g/mol. The molecule has 0 fully saturated rings. The quantitative estimate of drug-likeness (QED) is 0.734. The molecule has 20 heavy (non-hydrogen) atoms. The van der Waals surface area contributed by atoms with Crippen LogP contribution in [-0.4, -0.2) is 24.9 Å². The summed E-state index contributed by atoms with van der Waals surface area (Å²) in [7, 11) is 0. The Hall–Kier alpha value is -1.59. The molecule has 0 aliphatic heterocycles. The van der Waals surface area contributed by atoms with Gasteiger partial charge >= 0.3 is 0 Å². The van der Waals surface area contributed by atoms with E-state index in [0.717, 1.165) is 11.1 Å². The summed E-state index contributed by atoms with van der Waals surface area (Å²) in [6.07, 6.45) is 0.211. The van der Waals surface area contributed by atoms with Gasteiger partial charge < -0.3 is 16.4 Å². The van der Waals surface area contributed by atoms with E-state index in [0.29, 0.717) is 13.1 Å². The molecule has 0 aliphatic carbocycles. The van der Waals surface area contributed by atoms with E-state index in [9.17, 15) is 9.59 Å². The van der Waals surface area contributed by atoms with Crippen molar-refractivity contribution in [1.29, 1.82) is 0 Å². The number of carbonyl (C=O) groups excluding carboxylic acids is 2. The summed E-state index contributed by atoms with van der Waals surface area (Å²) in [5, 5.41) is 5.49. The molecule has 0 spiro atoms. The van der Waals surface area contributed by atoms with Crippen molar-refractivity contribution in [3.8, 4) is 0 Å². The maximum atomic E-state index is 11.7. The summed E-state index contributed by atoms with van der Waals surface area (Å²) in [4.78, 5) is 22.9. The summed E-state index contributed by atoms with van der Waals surface area (Å²) >= 11 is 0.